The molecule has 0 radical (unpaired) electrons. The number of nitrogen functional groups attached to an aromatic ring is 1. The number of benzene rings is 1. The van der Waals surface area contributed by atoms with Gasteiger partial charge >= 0.3 is 5.69 Å². The number of carbonyl (C=O) groups excluding carboxylic acids is 1. The molecule has 0 aliphatic heterocycles. The van der Waals surface area contributed by atoms with E-state index in [-0.39, 0.29) is 23.5 Å². The molecule has 24 heavy (non-hydrogen) atoms. The van der Waals surface area contributed by atoms with Gasteiger partial charge in [-0.25, -0.2) is 9.36 Å². The van der Waals surface area contributed by atoms with Crippen LogP contribution in [-0.4, -0.2) is 24.6 Å². The Morgan fingerprint density at radius 3 is 2.42 bits per heavy atom. The number of aromatic nitrogens is 4. The van der Waals surface area contributed by atoms with E-state index in [0.29, 0.717) is 0 Å². The Hall–Kier alpha value is -2.68. The van der Waals surface area contributed by atoms with Gasteiger partial charge in [0.15, 0.2) is 11.2 Å². The summed E-state index contributed by atoms with van der Waals surface area (Å²) in [6.45, 7) is 0. The molecule has 0 spiro atoms. The first kappa shape index (κ1) is 16.2. The molecule has 2 N–H and O–H groups in total. The maximum Gasteiger partial charge on any atom is 0.332 e. The lowest BCUT2D eigenvalue weighted by molar-refractivity contribution is 0.0921. The van der Waals surface area contributed by atoms with E-state index in [9.17, 15) is 14.4 Å². The van der Waals surface area contributed by atoms with Crippen LogP contribution in [0.4, 0.5) is 5.95 Å². The average molecular weight is 392 g/mol. The lowest BCUT2D eigenvalue weighted by Gasteiger charge is -2.07. The molecule has 124 valence electrons. The number of fused-ring (bicyclic) bond motifs is 1. The molecule has 3 aromatic rings. The van der Waals surface area contributed by atoms with Gasteiger partial charge in [0.2, 0.25) is 11.9 Å². The molecule has 0 amide bonds. The van der Waals surface area contributed by atoms with Crippen molar-refractivity contribution in [1.82, 2.24) is 18.7 Å². The van der Waals surface area contributed by atoms with Gasteiger partial charge in [-0.15, -0.1) is 0 Å². The Bertz CT molecular complexity index is 1080. The smallest absolute Gasteiger partial charge is 0.332 e. The summed E-state index contributed by atoms with van der Waals surface area (Å²) < 4.78 is 4.08. The molecule has 1 aromatic carbocycles. The van der Waals surface area contributed by atoms with Crippen LogP contribution in [0.15, 0.2) is 38.3 Å². The van der Waals surface area contributed by atoms with E-state index in [1.165, 1.54) is 18.7 Å². The van der Waals surface area contributed by atoms with Gasteiger partial charge in [-0.1, -0.05) is 28.1 Å². The van der Waals surface area contributed by atoms with Crippen molar-refractivity contribution >= 4 is 38.9 Å². The van der Waals surface area contributed by atoms with Crippen molar-refractivity contribution in [1.29, 1.82) is 0 Å². The molecule has 0 fully saturated rings. The Morgan fingerprint density at radius 1 is 1.17 bits per heavy atom. The molecule has 0 atom stereocenters. The number of nitrogens with zero attached hydrogens (tertiary/aromatic N) is 4. The molecule has 0 aliphatic rings. The minimum atomic E-state index is -0.610. The first-order chi connectivity index (χ1) is 11.3. The molecule has 0 aliphatic carbocycles. The molecule has 2 heterocycles. The largest absolute Gasteiger partial charge is 0.369 e. The van der Waals surface area contributed by atoms with Crippen LogP contribution < -0.4 is 17.0 Å². The van der Waals surface area contributed by atoms with Crippen molar-refractivity contribution in [2.75, 3.05) is 5.73 Å². The molecule has 9 heteroatoms. The van der Waals surface area contributed by atoms with Crippen LogP contribution in [0.25, 0.3) is 11.2 Å². The van der Waals surface area contributed by atoms with Gasteiger partial charge in [-0.2, -0.15) is 4.98 Å². The molecule has 0 saturated heterocycles. The highest BCUT2D eigenvalue weighted by atomic mass is 79.9. The van der Waals surface area contributed by atoms with E-state index < -0.39 is 17.2 Å². The number of aryl methyl sites for hydroxylation is 1. The fourth-order valence-corrected chi connectivity index (χ4v) is 2.79. The topological polar surface area (TPSA) is 105 Å². The van der Waals surface area contributed by atoms with Crippen molar-refractivity contribution in [3.8, 4) is 0 Å². The van der Waals surface area contributed by atoms with Crippen LogP contribution >= 0.6 is 15.9 Å². The van der Waals surface area contributed by atoms with Gasteiger partial charge in [-0.3, -0.25) is 18.7 Å². The standard InChI is InChI=1S/C15H14BrN5O3/c1-19-12-11(13(23)20(2)15(19)24)21(14(17)18-12)10(22)7-8-3-5-9(16)6-4-8/h3-6H,7H2,1-2H3,(H2,17,18). The average Bonchev–Trinajstić information content (AvgIpc) is 2.90. The monoisotopic (exact) mass is 391 g/mol. The zero-order valence-corrected chi connectivity index (χ0v) is 14.6. The number of nitrogens with two attached hydrogens (primary N) is 1. The first-order valence-electron chi connectivity index (χ1n) is 7.03. The number of hydrogen-bond donors (Lipinski definition) is 1. The van der Waals surface area contributed by atoms with Crippen LogP contribution in [0.2, 0.25) is 0 Å². The fourth-order valence-electron chi connectivity index (χ4n) is 2.52. The predicted molar refractivity (Wildman–Crippen MR) is 93.1 cm³/mol. The second kappa shape index (κ2) is 5.75. The molecular weight excluding hydrogens is 378 g/mol. The van der Waals surface area contributed by atoms with Crippen molar-refractivity contribution in [3.05, 3.63) is 55.1 Å². The normalized spacial score (nSPS) is 11.1. The van der Waals surface area contributed by atoms with Crippen LogP contribution in [0.1, 0.15) is 10.4 Å². The molecular formula is C15H14BrN5O3. The summed E-state index contributed by atoms with van der Waals surface area (Å²) in [5.74, 6) is -0.515. The Balaban J connectivity index is 2.17. The number of hydrogen-bond acceptors (Lipinski definition) is 5. The summed E-state index contributed by atoms with van der Waals surface area (Å²) in [5.41, 5.74) is 5.55. The Labute approximate surface area is 144 Å². The van der Waals surface area contributed by atoms with E-state index in [0.717, 1.165) is 19.2 Å². The number of carbonyl (C=O) groups is 1. The highest BCUT2D eigenvalue weighted by Gasteiger charge is 2.21. The Kier molecular flexibility index (Phi) is 3.88. The van der Waals surface area contributed by atoms with Gasteiger partial charge in [0.25, 0.3) is 5.56 Å². The number of imidazole rings is 1. The summed E-state index contributed by atoms with van der Waals surface area (Å²) in [5, 5.41) is 0. The van der Waals surface area contributed by atoms with E-state index >= 15 is 0 Å². The van der Waals surface area contributed by atoms with Crippen molar-refractivity contribution < 1.29 is 4.79 Å². The van der Waals surface area contributed by atoms with Crippen LogP contribution in [0, 0.1) is 0 Å². The van der Waals surface area contributed by atoms with Gasteiger partial charge in [-0.05, 0) is 17.7 Å². The number of rotatable bonds is 2. The summed E-state index contributed by atoms with van der Waals surface area (Å²) >= 11 is 3.33. The number of halogens is 1. The van der Waals surface area contributed by atoms with E-state index in [1.807, 2.05) is 12.1 Å². The van der Waals surface area contributed by atoms with Crippen molar-refractivity contribution in [2.24, 2.45) is 14.1 Å². The fraction of sp³-hybridized carbons (Fsp3) is 0.200. The molecule has 8 nitrogen and oxygen atoms in total. The minimum absolute atomic E-state index is 0.000730. The highest BCUT2D eigenvalue weighted by Crippen LogP contribution is 2.15. The van der Waals surface area contributed by atoms with Crippen LogP contribution in [0.5, 0.6) is 0 Å². The highest BCUT2D eigenvalue weighted by molar-refractivity contribution is 9.10. The zero-order valence-electron chi connectivity index (χ0n) is 13.0. The van der Waals surface area contributed by atoms with Gasteiger partial charge in [0, 0.05) is 18.6 Å². The van der Waals surface area contributed by atoms with Crippen molar-refractivity contribution in [3.63, 3.8) is 0 Å². The third-order valence-corrected chi connectivity index (χ3v) is 4.33. The van der Waals surface area contributed by atoms with Crippen LogP contribution in [-0.2, 0) is 20.5 Å². The third kappa shape index (κ3) is 2.46. The maximum absolute atomic E-state index is 12.7. The lowest BCUT2D eigenvalue weighted by Crippen LogP contribution is -2.38. The van der Waals surface area contributed by atoms with Gasteiger partial charge in [0.05, 0.1) is 6.42 Å². The third-order valence-electron chi connectivity index (χ3n) is 3.80. The number of anilines is 1. The summed E-state index contributed by atoms with van der Waals surface area (Å²) in [6, 6.07) is 7.23. The second-order valence-electron chi connectivity index (χ2n) is 5.38. The van der Waals surface area contributed by atoms with E-state index in [1.54, 1.807) is 12.1 Å². The maximum atomic E-state index is 12.7. The summed E-state index contributed by atoms with van der Waals surface area (Å²) in [6.07, 6.45) is 0.0505. The van der Waals surface area contributed by atoms with Crippen molar-refractivity contribution in [2.45, 2.75) is 6.42 Å². The van der Waals surface area contributed by atoms with Gasteiger partial charge < -0.3 is 5.73 Å². The second-order valence-corrected chi connectivity index (χ2v) is 6.30. The summed E-state index contributed by atoms with van der Waals surface area (Å²) in [4.78, 5) is 41.0. The SMILES string of the molecule is Cn1c(=O)c2c(nc(N)n2C(=O)Cc2ccc(Br)cc2)n(C)c1=O. The Morgan fingerprint density at radius 2 is 1.79 bits per heavy atom. The lowest BCUT2D eigenvalue weighted by atomic mass is 10.1. The van der Waals surface area contributed by atoms with Gasteiger partial charge in [0.1, 0.15) is 0 Å². The predicted octanol–water partition coefficient (Wildman–Crippen LogP) is 0.661. The molecule has 0 unspecified atom stereocenters. The molecule has 0 saturated carbocycles. The molecule has 2 aromatic heterocycles. The summed E-state index contributed by atoms with van der Waals surface area (Å²) in [7, 11) is 2.82. The first-order valence-corrected chi connectivity index (χ1v) is 7.82. The van der Waals surface area contributed by atoms with Crippen LogP contribution in [0.3, 0.4) is 0 Å². The molecule has 3 rings (SSSR count). The quantitative estimate of drug-likeness (QED) is 0.690. The van der Waals surface area contributed by atoms with E-state index in [2.05, 4.69) is 20.9 Å². The minimum Gasteiger partial charge on any atom is -0.369 e. The zero-order chi connectivity index (χ0) is 17.6. The van der Waals surface area contributed by atoms with E-state index in [4.69, 9.17) is 5.73 Å². The molecule has 0 bridgehead atoms.